The molecule has 2 aromatic heterocycles. The van der Waals surface area contributed by atoms with Gasteiger partial charge in [0.15, 0.2) is 5.16 Å². The molecule has 4 nitrogen and oxygen atoms in total. The van der Waals surface area contributed by atoms with E-state index in [-0.39, 0.29) is 5.56 Å². The zero-order chi connectivity index (χ0) is 21.2. The SMILES string of the molecule is C=CCSc1nc2sc3c(c2c(=O)n1-c1ccccc1)CC[NH+](Cc1ccccc1)C3. The Bertz CT molecular complexity index is 1280. The van der Waals surface area contributed by atoms with Gasteiger partial charge in [-0.2, -0.15) is 0 Å². The van der Waals surface area contributed by atoms with Crippen molar-refractivity contribution in [3.8, 4) is 5.69 Å². The van der Waals surface area contributed by atoms with E-state index in [2.05, 4.69) is 36.9 Å². The van der Waals surface area contributed by atoms with Crippen LogP contribution in [0.5, 0.6) is 0 Å². The maximum absolute atomic E-state index is 13.7. The lowest BCUT2D eigenvalue weighted by atomic mass is 10.0. The molecular formula is C25H24N3OS2+. The molecule has 0 saturated carbocycles. The minimum absolute atomic E-state index is 0.0479. The fourth-order valence-electron chi connectivity index (χ4n) is 4.23. The van der Waals surface area contributed by atoms with E-state index in [0.29, 0.717) is 5.75 Å². The van der Waals surface area contributed by atoms with Crippen LogP contribution in [0, 0.1) is 0 Å². The summed E-state index contributed by atoms with van der Waals surface area (Å²) in [5.41, 5.74) is 3.47. The summed E-state index contributed by atoms with van der Waals surface area (Å²) in [5, 5.41) is 1.54. The number of aromatic nitrogens is 2. The number of nitrogens with zero attached hydrogens (tertiary/aromatic N) is 2. The molecule has 1 aliphatic rings. The summed E-state index contributed by atoms with van der Waals surface area (Å²) in [5.74, 6) is 0.713. The number of thioether (sulfide) groups is 1. The van der Waals surface area contributed by atoms with Gasteiger partial charge in [-0.15, -0.1) is 17.9 Å². The molecule has 6 heteroatoms. The van der Waals surface area contributed by atoms with Crippen LogP contribution in [0.15, 0.2) is 83.3 Å². The number of quaternary nitrogens is 1. The second-order valence-electron chi connectivity index (χ2n) is 7.74. The largest absolute Gasteiger partial charge is 0.326 e. The standard InChI is InChI=1S/C25H23N3OS2/c1-2-15-30-25-26-23-22(24(29)28(25)19-11-7-4-8-12-19)20-13-14-27(17-21(20)31-23)16-18-9-5-3-6-10-18/h2-12H,1,13-17H2/p+1. The average Bonchev–Trinajstić information content (AvgIpc) is 3.17. The van der Waals surface area contributed by atoms with Gasteiger partial charge in [-0.05, 0) is 17.7 Å². The Balaban J connectivity index is 1.57. The molecule has 0 saturated heterocycles. The van der Waals surface area contributed by atoms with E-state index in [1.807, 2.05) is 36.4 Å². The number of nitrogens with one attached hydrogen (secondary N) is 1. The smallest absolute Gasteiger partial charge is 0.267 e. The van der Waals surface area contributed by atoms with E-state index >= 15 is 0 Å². The van der Waals surface area contributed by atoms with Gasteiger partial charge in [0.2, 0.25) is 0 Å². The summed E-state index contributed by atoms with van der Waals surface area (Å²) >= 11 is 3.25. The molecule has 0 bridgehead atoms. The molecule has 5 rings (SSSR count). The number of hydrogen-bond donors (Lipinski definition) is 1. The summed E-state index contributed by atoms with van der Waals surface area (Å²) in [6, 6.07) is 20.5. The first-order valence-electron chi connectivity index (χ1n) is 10.5. The van der Waals surface area contributed by atoms with E-state index in [0.717, 1.165) is 47.1 Å². The Morgan fingerprint density at radius 3 is 2.61 bits per heavy atom. The summed E-state index contributed by atoms with van der Waals surface area (Å²) < 4.78 is 1.77. The maximum atomic E-state index is 13.7. The van der Waals surface area contributed by atoms with Crippen molar-refractivity contribution in [1.82, 2.24) is 9.55 Å². The lowest BCUT2D eigenvalue weighted by molar-refractivity contribution is -0.929. The van der Waals surface area contributed by atoms with Crippen molar-refractivity contribution in [3.05, 3.63) is 99.7 Å². The van der Waals surface area contributed by atoms with Gasteiger partial charge in [0.25, 0.3) is 5.56 Å². The topological polar surface area (TPSA) is 39.3 Å². The molecular weight excluding hydrogens is 422 g/mol. The molecule has 0 radical (unpaired) electrons. The van der Waals surface area contributed by atoms with E-state index in [1.54, 1.807) is 27.7 Å². The molecule has 1 atom stereocenters. The molecule has 31 heavy (non-hydrogen) atoms. The van der Waals surface area contributed by atoms with Crippen molar-refractivity contribution in [2.75, 3.05) is 12.3 Å². The number of para-hydroxylation sites is 1. The molecule has 1 unspecified atom stereocenters. The van der Waals surface area contributed by atoms with Crippen LogP contribution in [0.4, 0.5) is 0 Å². The Kier molecular flexibility index (Phi) is 5.76. The third-order valence-electron chi connectivity index (χ3n) is 5.66. The van der Waals surface area contributed by atoms with Gasteiger partial charge in [-0.3, -0.25) is 9.36 Å². The van der Waals surface area contributed by atoms with Gasteiger partial charge in [-0.1, -0.05) is 66.4 Å². The highest BCUT2D eigenvalue weighted by molar-refractivity contribution is 7.99. The van der Waals surface area contributed by atoms with Crippen LogP contribution in [-0.4, -0.2) is 21.8 Å². The monoisotopic (exact) mass is 446 g/mol. The highest BCUT2D eigenvalue weighted by atomic mass is 32.2. The second kappa shape index (κ2) is 8.83. The van der Waals surface area contributed by atoms with Crippen LogP contribution in [0.1, 0.15) is 16.0 Å². The van der Waals surface area contributed by atoms with Crippen LogP contribution in [0.3, 0.4) is 0 Å². The van der Waals surface area contributed by atoms with E-state index in [4.69, 9.17) is 4.98 Å². The highest BCUT2D eigenvalue weighted by Crippen LogP contribution is 2.31. The fourth-order valence-corrected chi connectivity index (χ4v) is 6.31. The molecule has 0 amide bonds. The quantitative estimate of drug-likeness (QED) is 0.278. The number of hydrogen-bond acceptors (Lipinski definition) is 4. The van der Waals surface area contributed by atoms with Crippen LogP contribution in [0.2, 0.25) is 0 Å². The van der Waals surface area contributed by atoms with Gasteiger partial charge < -0.3 is 4.90 Å². The molecule has 0 aliphatic carbocycles. The number of benzene rings is 2. The van der Waals surface area contributed by atoms with Crippen molar-refractivity contribution in [1.29, 1.82) is 0 Å². The minimum atomic E-state index is 0.0479. The molecule has 156 valence electrons. The Hall–Kier alpha value is -2.67. The molecule has 4 aromatic rings. The molecule has 0 fully saturated rings. The zero-order valence-corrected chi connectivity index (χ0v) is 18.8. The molecule has 0 spiro atoms. The minimum Gasteiger partial charge on any atom is -0.326 e. The predicted molar refractivity (Wildman–Crippen MR) is 130 cm³/mol. The Labute approximate surface area is 189 Å². The van der Waals surface area contributed by atoms with Crippen molar-refractivity contribution >= 4 is 33.3 Å². The average molecular weight is 447 g/mol. The first-order valence-corrected chi connectivity index (χ1v) is 12.3. The van der Waals surface area contributed by atoms with Crippen LogP contribution >= 0.6 is 23.1 Å². The summed E-state index contributed by atoms with van der Waals surface area (Å²) in [6.45, 7) is 6.82. The lowest BCUT2D eigenvalue weighted by Gasteiger charge is -2.24. The third-order valence-corrected chi connectivity index (χ3v) is 7.72. The zero-order valence-electron chi connectivity index (χ0n) is 17.2. The summed E-state index contributed by atoms with van der Waals surface area (Å²) in [6.07, 6.45) is 2.77. The van der Waals surface area contributed by atoms with Gasteiger partial charge in [-0.25, -0.2) is 4.98 Å². The molecule has 1 N–H and O–H groups in total. The second-order valence-corrected chi connectivity index (χ2v) is 9.81. The van der Waals surface area contributed by atoms with Crippen molar-refractivity contribution < 1.29 is 4.90 Å². The fraction of sp³-hybridized carbons (Fsp3) is 0.200. The molecule has 3 heterocycles. The predicted octanol–water partition coefficient (Wildman–Crippen LogP) is 3.87. The van der Waals surface area contributed by atoms with Gasteiger partial charge in [0.05, 0.1) is 22.5 Å². The lowest BCUT2D eigenvalue weighted by Crippen LogP contribution is -3.10. The Morgan fingerprint density at radius 2 is 1.87 bits per heavy atom. The number of fused-ring (bicyclic) bond motifs is 3. The van der Waals surface area contributed by atoms with E-state index < -0.39 is 0 Å². The van der Waals surface area contributed by atoms with Gasteiger partial charge in [0, 0.05) is 17.7 Å². The summed E-state index contributed by atoms with van der Waals surface area (Å²) in [7, 11) is 0. The molecule has 1 aliphatic heterocycles. The van der Waals surface area contributed by atoms with Crippen LogP contribution < -0.4 is 10.5 Å². The number of rotatable bonds is 6. The summed E-state index contributed by atoms with van der Waals surface area (Å²) in [4.78, 5) is 22.4. The van der Waals surface area contributed by atoms with Crippen LogP contribution in [-0.2, 0) is 19.5 Å². The van der Waals surface area contributed by atoms with E-state index in [1.165, 1.54) is 20.9 Å². The first-order chi connectivity index (χ1) is 15.2. The Morgan fingerprint density at radius 1 is 1.13 bits per heavy atom. The normalized spacial score (nSPS) is 15.7. The van der Waals surface area contributed by atoms with Gasteiger partial charge >= 0.3 is 0 Å². The van der Waals surface area contributed by atoms with E-state index in [9.17, 15) is 4.79 Å². The van der Waals surface area contributed by atoms with Crippen LogP contribution in [0.25, 0.3) is 15.9 Å². The molecule has 2 aromatic carbocycles. The van der Waals surface area contributed by atoms with Gasteiger partial charge in [0.1, 0.15) is 17.9 Å². The first kappa shape index (κ1) is 20.2. The van der Waals surface area contributed by atoms with Crippen molar-refractivity contribution in [2.24, 2.45) is 0 Å². The third kappa shape index (κ3) is 3.99. The highest BCUT2D eigenvalue weighted by Gasteiger charge is 2.27. The van der Waals surface area contributed by atoms with Crippen molar-refractivity contribution in [2.45, 2.75) is 24.7 Å². The maximum Gasteiger partial charge on any atom is 0.267 e. The number of thiophene rings is 1. The van der Waals surface area contributed by atoms with Crippen molar-refractivity contribution in [3.63, 3.8) is 0 Å².